The smallest absolute Gasteiger partial charge is 0.268 e. The Kier molecular flexibility index (Phi) is 9.68. The van der Waals surface area contributed by atoms with Crippen molar-refractivity contribution in [1.82, 2.24) is 18.8 Å². The summed E-state index contributed by atoms with van der Waals surface area (Å²) < 4.78 is 107. The number of aromatic nitrogens is 3. The van der Waals surface area contributed by atoms with Gasteiger partial charge in [0.1, 0.15) is 28.1 Å². The molecule has 3 N–H and O–H groups in total. The molecule has 0 saturated carbocycles. The van der Waals surface area contributed by atoms with Crippen LogP contribution in [0, 0.1) is 24.4 Å². The second-order valence-corrected chi connectivity index (χ2v) is 17.1. The molecule has 2 atom stereocenters. The van der Waals surface area contributed by atoms with Crippen LogP contribution < -0.4 is 4.74 Å². The largest absolute Gasteiger partial charge is 0.453 e. The van der Waals surface area contributed by atoms with E-state index in [1.807, 2.05) is 4.90 Å². The van der Waals surface area contributed by atoms with E-state index in [1.165, 1.54) is 36.4 Å². The zero-order valence-electron chi connectivity index (χ0n) is 29.2. The minimum atomic E-state index is -4.26. The summed E-state index contributed by atoms with van der Waals surface area (Å²) >= 11 is 0. The second-order valence-electron chi connectivity index (χ2n) is 13.3. The van der Waals surface area contributed by atoms with E-state index >= 15 is 13.2 Å². The molecule has 1 aliphatic heterocycles. The Morgan fingerprint density at radius 3 is 2.44 bits per heavy atom. The van der Waals surface area contributed by atoms with E-state index in [2.05, 4.69) is 9.97 Å². The monoisotopic (exact) mass is 780 g/mol. The maximum absolute atomic E-state index is 16.0. The molecule has 0 amide bonds. The average Bonchev–Trinajstić information content (AvgIpc) is 3.75. The minimum absolute atomic E-state index is 0.0631. The van der Waals surface area contributed by atoms with Crippen molar-refractivity contribution < 1.29 is 45.0 Å². The van der Waals surface area contributed by atoms with Crippen molar-refractivity contribution in [2.45, 2.75) is 41.7 Å². The van der Waals surface area contributed by atoms with Crippen molar-refractivity contribution >= 4 is 30.8 Å². The van der Waals surface area contributed by atoms with Gasteiger partial charge in [0, 0.05) is 54.5 Å². The van der Waals surface area contributed by atoms with Crippen LogP contribution in [0.2, 0.25) is 0 Å². The van der Waals surface area contributed by atoms with Crippen LogP contribution in [0.4, 0.5) is 13.2 Å². The molecule has 6 aromatic rings. The van der Waals surface area contributed by atoms with Gasteiger partial charge >= 0.3 is 0 Å². The second kappa shape index (κ2) is 14.0. The first kappa shape index (κ1) is 37.3. The highest BCUT2D eigenvalue weighted by molar-refractivity contribution is 7.91. The predicted molar refractivity (Wildman–Crippen MR) is 194 cm³/mol. The van der Waals surface area contributed by atoms with Gasteiger partial charge in [-0.3, -0.25) is 4.90 Å². The third kappa shape index (κ3) is 6.68. The molecule has 7 rings (SSSR count). The quantitative estimate of drug-likeness (QED) is 0.160. The molecule has 54 heavy (non-hydrogen) atoms. The van der Waals surface area contributed by atoms with Crippen LogP contribution in [0.25, 0.3) is 22.3 Å². The molecule has 0 fully saturated rings. The number of aryl methyl sites for hydroxylation is 1. The molecule has 0 radical (unpaired) electrons. The standard InChI is InChI=1S/C38H35F3N4O7S2/c1-21-7-10-25(11-8-21)54(50,51)45-16-13-26-32(45)19-30(40)36(37(26)53(3,48)49)52-24-9-12-29(39)28(18-24)38-42-31-14-15-44(2)35(34(31)43-38)27-6-4-5-22(33(27)41)17-23(47)20-46/h4-13,16,18-19,23,35,46-47H,14-15,17,20H2,1-3H3,(H,42,43). The number of aliphatic hydroxyl groups excluding tert-OH is 2. The molecular weight excluding hydrogens is 746 g/mol. The molecule has 2 aromatic heterocycles. The number of likely N-dealkylation sites (N-methyl/N-ethyl adjacent to an activating group) is 1. The summed E-state index contributed by atoms with van der Waals surface area (Å²) in [4.78, 5) is 9.01. The SMILES string of the molecule is Cc1ccc(S(=O)(=O)n2ccc3c(S(C)(=O)=O)c(Oc4ccc(F)c(-c5nc6c([nH]5)CCN(C)C6c5cccc(CC(O)CO)c5F)c4)c(F)cc32)cc1. The number of rotatable bonds is 10. The molecule has 4 aromatic carbocycles. The number of aliphatic hydroxyl groups is 2. The number of H-pyrrole nitrogens is 1. The van der Waals surface area contributed by atoms with Crippen LogP contribution >= 0.6 is 0 Å². The van der Waals surface area contributed by atoms with Crippen LogP contribution in [0.15, 0.2) is 88.8 Å². The van der Waals surface area contributed by atoms with E-state index in [1.54, 1.807) is 38.2 Å². The molecule has 2 unspecified atom stereocenters. The summed E-state index contributed by atoms with van der Waals surface area (Å²) in [5, 5.41) is 19.1. The summed E-state index contributed by atoms with van der Waals surface area (Å²) in [5.41, 5.74) is 2.04. The number of halogens is 3. The van der Waals surface area contributed by atoms with Crippen molar-refractivity contribution in [3.8, 4) is 22.9 Å². The Bertz CT molecular complexity index is 2640. The highest BCUT2D eigenvalue weighted by Gasteiger charge is 2.34. The van der Waals surface area contributed by atoms with E-state index in [9.17, 15) is 27.0 Å². The number of aromatic amines is 1. The molecule has 11 nitrogen and oxygen atoms in total. The first-order valence-corrected chi connectivity index (χ1v) is 20.1. The van der Waals surface area contributed by atoms with Gasteiger partial charge in [-0.15, -0.1) is 0 Å². The molecule has 0 saturated heterocycles. The number of sulfone groups is 1. The van der Waals surface area contributed by atoms with Gasteiger partial charge in [-0.1, -0.05) is 35.9 Å². The lowest BCUT2D eigenvalue weighted by Gasteiger charge is -2.32. The predicted octanol–water partition coefficient (Wildman–Crippen LogP) is 5.66. The Morgan fingerprint density at radius 1 is 1.00 bits per heavy atom. The average molecular weight is 781 g/mol. The zero-order valence-corrected chi connectivity index (χ0v) is 30.8. The fraction of sp³-hybridized carbons (Fsp3) is 0.237. The third-order valence-corrected chi connectivity index (χ3v) is 12.3. The van der Waals surface area contributed by atoms with Crippen LogP contribution in [0.5, 0.6) is 11.5 Å². The Morgan fingerprint density at radius 2 is 1.74 bits per heavy atom. The Labute approximate surface area is 309 Å². The Balaban J connectivity index is 1.27. The fourth-order valence-corrected chi connectivity index (χ4v) is 9.19. The van der Waals surface area contributed by atoms with Crippen LogP contribution in [0.3, 0.4) is 0 Å². The van der Waals surface area contributed by atoms with Gasteiger partial charge in [-0.25, -0.2) is 39.0 Å². The first-order valence-electron chi connectivity index (χ1n) is 16.8. The maximum Gasteiger partial charge on any atom is 0.268 e. The van der Waals surface area contributed by atoms with Gasteiger partial charge in [0.05, 0.1) is 40.4 Å². The Hall–Kier alpha value is -5.00. The fourth-order valence-electron chi connectivity index (χ4n) is 6.80. The van der Waals surface area contributed by atoms with Gasteiger partial charge in [0.25, 0.3) is 10.0 Å². The van der Waals surface area contributed by atoms with Gasteiger partial charge in [0.2, 0.25) is 0 Å². The van der Waals surface area contributed by atoms with E-state index in [0.29, 0.717) is 24.4 Å². The lowest BCUT2D eigenvalue weighted by Crippen LogP contribution is -2.33. The molecule has 0 spiro atoms. The molecule has 0 bridgehead atoms. The molecule has 282 valence electrons. The van der Waals surface area contributed by atoms with Crippen molar-refractivity contribution in [1.29, 1.82) is 0 Å². The molecule has 16 heteroatoms. The number of nitrogens with zero attached hydrogens (tertiary/aromatic N) is 3. The van der Waals surface area contributed by atoms with E-state index in [4.69, 9.17) is 4.74 Å². The van der Waals surface area contributed by atoms with E-state index < -0.39 is 66.7 Å². The van der Waals surface area contributed by atoms with Crippen LogP contribution in [0.1, 0.15) is 34.1 Å². The zero-order chi connectivity index (χ0) is 38.7. The number of imidazole rings is 1. The molecule has 3 heterocycles. The molecule has 0 aliphatic carbocycles. The molecular formula is C38H35F3N4O7S2. The van der Waals surface area contributed by atoms with E-state index in [-0.39, 0.29) is 50.5 Å². The van der Waals surface area contributed by atoms with Crippen LogP contribution in [-0.4, -0.2) is 78.4 Å². The van der Waals surface area contributed by atoms with Crippen LogP contribution in [-0.2, 0) is 32.7 Å². The highest BCUT2D eigenvalue weighted by Crippen LogP contribution is 2.41. The number of fused-ring (bicyclic) bond motifs is 2. The molecule has 1 aliphatic rings. The summed E-state index contributed by atoms with van der Waals surface area (Å²) in [6.45, 7) is 1.76. The topological polar surface area (TPSA) is 155 Å². The summed E-state index contributed by atoms with van der Waals surface area (Å²) in [6.07, 6.45) is 1.20. The van der Waals surface area contributed by atoms with Crippen molar-refractivity contribution in [3.63, 3.8) is 0 Å². The first-order chi connectivity index (χ1) is 25.6. The lowest BCUT2D eigenvalue weighted by molar-refractivity contribution is 0.0947. The van der Waals surface area contributed by atoms with Gasteiger partial charge in [-0.2, -0.15) is 0 Å². The third-order valence-electron chi connectivity index (χ3n) is 9.48. The minimum Gasteiger partial charge on any atom is -0.453 e. The summed E-state index contributed by atoms with van der Waals surface area (Å²) in [6, 6.07) is 15.6. The number of nitrogens with one attached hydrogen (secondary N) is 1. The summed E-state index contributed by atoms with van der Waals surface area (Å²) in [5.74, 6) is -3.27. The van der Waals surface area contributed by atoms with Gasteiger partial charge in [-0.05, 0) is 55.9 Å². The number of benzene rings is 4. The maximum atomic E-state index is 16.0. The van der Waals surface area contributed by atoms with Crippen molar-refractivity contribution in [2.75, 3.05) is 26.5 Å². The van der Waals surface area contributed by atoms with Crippen molar-refractivity contribution in [2.24, 2.45) is 0 Å². The lowest BCUT2D eigenvalue weighted by atomic mass is 9.93. The van der Waals surface area contributed by atoms with E-state index in [0.717, 1.165) is 34.1 Å². The van der Waals surface area contributed by atoms with Crippen molar-refractivity contribution in [3.05, 3.63) is 125 Å². The number of ether oxygens (including phenoxy) is 1. The number of hydrogen-bond acceptors (Lipinski definition) is 9. The van der Waals surface area contributed by atoms with Gasteiger partial charge in [0.15, 0.2) is 21.4 Å². The number of hydrogen-bond donors (Lipinski definition) is 3. The normalized spacial score (nSPS) is 15.7. The van der Waals surface area contributed by atoms with Gasteiger partial charge < -0.3 is 19.9 Å². The highest BCUT2D eigenvalue weighted by atomic mass is 32.2. The summed E-state index contributed by atoms with van der Waals surface area (Å²) in [7, 11) is -6.71.